The van der Waals surface area contributed by atoms with E-state index in [1.54, 1.807) is 0 Å². The molecule has 1 aromatic heterocycles. The number of hydrogen-bond donors (Lipinski definition) is 1. The predicted octanol–water partition coefficient (Wildman–Crippen LogP) is 3.99. The lowest BCUT2D eigenvalue weighted by molar-refractivity contribution is 0.584. The van der Waals surface area contributed by atoms with Crippen LogP contribution in [0.3, 0.4) is 0 Å². The smallest absolute Gasteiger partial charge is 0.137 e. The van der Waals surface area contributed by atoms with Crippen molar-refractivity contribution in [2.45, 2.75) is 58.9 Å². The van der Waals surface area contributed by atoms with Crippen LogP contribution in [0.25, 0.3) is 0 Å². The third-order valence-electron chi connectivity index (χ3n) is 3.60. The van der Waals surface area contributed by atoms with Crippen molar-refractivity contribution in [3.05, 3.63) is 16.5 Å². The topological polar surface area (TPSA) is 37.8 Å². The highest BCUT2D eigenvalue weighted by Crippen LogP contribution is 2.35. The molecule has 1 fully saturated rings. The van der Waals surface area contributed by atoms with Crippen molar-refractivity contribution in [1.82, 2.24) is 9.97 Å². The van der Waals surface area contributed by atoms with Gasteiger partial charge in [-0.25, -0.2) is 9.97 Å². The first-order valence-electron chi connectivity index (χ1n) is 6.93. The minimum absolute atomic E-state index is 0.506. The van der Waals surface area contributed by atoms with Gasteiger partial charge in [0, 0.05) is 18.0 Å². The Bertz CT molecular complexity index is 416. The molecule has 1 unspecified atom stereocenters. The van der Waals surface area contributed by atoms with Gasteiger partial charge in [0.1, 0.15) is 16.8 Å². The highest BCUT2D eigenvalue weighted by Gasteiger charge is 2.25. The normalized spacial score (nSPS) is 16.7. The molecule has 0 saturated heterocycles. The molecular formula is C14H22ClN3. The van der Waals surface area contributed by atoms with Crippen LogP contribution < -0.4 is 5.32 Å². The fraction of sp³-hybridized carbons (Fsp3) is 0.714. The average molecular weight is 268 g/mol. The van der Waals surface area contributed by atoms with Gasteiger partial charge in [0.25, 0.3) is 0 Å². The molecule has 1 N–H and O–H groups in total. The third-order valence-corrected chi connectivity index (χ3v) is 3.97. The molecule has 0 amide bonds. The molecule has 100 valence electrons. The van der Waals surface area contributed by atoms with Gasteiger partial charge in [-0.3, -0.25) is 0 Å². The molecule has 0 aliphatic heterocycles. The number of aromatic nitrogens is 2. The first-order valence-corrected chi connectivity index (χ1v) is 7.31. The van der Waals surface area contributed by atoms with E-state index in [1.807, 2.05) is 13.8 Å². The fourth-order valence-electron chi connectivity index (χ4n) is 2.11. The maximum absolute atomic E-state index is 6.15. The van der Waals surface area contributed by atoms with E-state index in [2.05, 4.69) is 22.2 Å². The summed E-state index contributed by atoms with van der Waals surface area (Å²) in [7, 11) is 0. The summed E-state index contributed by atoms with van der Waals surface area (Å²) in [6, 6.07) is 0.506. The van der Waals surface area contributed by atoms with Crippen LogP contribution in [0.2, 0.25) is 5.15 Å². The zero-order valence-corrected chi connectivity index (χ0v) is 12.2. The van der Waals surface area contributed by atoms with E-state index in [1.165, 1.54) is 19.3 Å². The molecule has 0 radical (unpaired) electrons. The summed E-state index contributed by atoms with van der Waals surface area (Å²) in [6.07, 6.45) is 5.97. The maximum Gasteiger partial charge on any atom is 0.137 e. The summed E-state index contributed by atoms with van der Waals surface area (Å²) >= 11 is 6.15. The number of aryl methyl sites for hydroxylation is 1. The fourth-order valence-corrected chi connectivity index (χ4v) is 2.30. The lowest BCUT2D eigenvalue weighted by Crippen LogP contribution is -2.21. The average Bonchev–Trinajstić information content (AvgIpc) is 3.17. The van der Waals surface area contributed by atoms with Crippen LogP contribution >= 0.6 is 11.6 Å². The van der Waals surface area contributed by atoms with Crippen LogP contribution in [0.4, 0.5) is 5.82 Å². The van der Waals surface area contributed by atoms with E-state index in [0.717, 1.165) is 36.0 Å². The second-order valence-corrected chi connectivity index (χ2v) is 5.54. The zero-order chi connectivity index (χ0) is 13.1. The van der Waals surface area contributed by atoms with Gasteiger partial charge in [-0.1, -0.05) is 38.3 Å². The molecule has 1 aromatic rings. The minimum atomic E-state index is 0.506. The first-order chi connectivity index (χ1) is 8.63. The molecule has 1 aliphatic carbocycles. The van der Waals surface area contributed by atoms with E-state index in [-0.39, 0.29) is 0 Å². The van der Waals surface area contributed by atoms with Gasteiger partial charge in [0.15, 0.2) is 0 Å². The summed E-state index contributed by atoms with van der Waals surface area (Å²) in [4.78, 5) is 8.83. The quantitative estimate of drug-likeness (QED) is 0.792. The van der Waals surface area contributed by atoms with E-state index in [9.17, 15) is 0 Å². The SMILES string of the molecule is CCc1nc(Cl)c(C)c(NC(CC)CC2CC2)n1. The van der Waals surface area contributed by atoms with Crippen molar-refractivity contribution < 1.29 is 0 Å². The van der Waals surface area contributed by atoms with Crippen molar-refractivity contribution in [2.24, 2.45) is 5.92 Å². The van der Waals surface area contributed by atoms with E-state index >= 15 is 0 Å². The second-order valence-electron chi connectivity index (χ2n) is 5.19. The van der Waals surface area contributed by atoms with Gasteiger partial charge in [0.2, 0.25) is 0 Å². The first kappa shape index (κ1) is 13.6. The van der Waals surface area contributed by atoms with Gasteiger partial charge < -0.3 is 5.32 Å². The Balaban J connectivity index is 2.12. The molecule has 0 aromatic carbocycles. The molecule has 0 spiro atoms. The molecule has 1 saturated carbocycles. The van der Waals surface area contributed by atoms with Crippen LogP contribution in [0, 0.1) is 12.8 Å². The molecule has 1 aliphatic rings. The summed E-state index contributed by atoms with van der Waals surface area (Å²) in [5.41, 5.74) is 0.961. The third kappa shape index (κ3) is 3.35. The minimum Gasteiger partial charge on any atom is -0.367 e. The largest absolute Gasteiger partial charge is 0.367 e. The number of halogens is 1. The van der Waals surface area contributed by atoms with Crippen molar-refractivity contribution in [3.8, 4) is 0 Å². The maximum atomic E-state index is 6.15. The number of anilines is 1. The van der Waals surface area contributed by atoms with E-state index in [4.69, 9.17) is 11.6 Å². The van der Waals surface area contributed by atoms with Crippen LogP contribution in [-0.2, 0) is 6.42 Å². The highest BCUT2D eigenvalue weighted by molar-refractivity contribution is 6.30. The Morgan fingerprint density at radius 2 is 2.06 bits per heavy atom. The number of rotatable bonds is 6. The zero-order valence-electron chi connectivity index (χ0n) is 11.5. The second kappa shape index (κ2) is 5.87. The van der Waals surface area contributed by atoms with E-state index in [0.29, 0.717) is 11.2 Å². The predicted molar refractivity (Wildman–Crippen MR) is 76.2 cm³/mol. The van der Waals surface area contributed by atoms with Crippen molar-refractivity contribution >= 4 is 17.4 Å². The van der Waals surface area contributed by atoms with Crippen LogP contribution in [0.15, 0.2) is 0 Å². The molecule has 4 heteroatoms. The lowest BCUT2D eigenvalue weighted by Gasteiger charge is -2.19. The number of nitrogens with zero attached hydrogens (tertiary/aromatic N) is 2. The van der Waals surface area contributed by atoms with Gasteiger partial charge in [0.05, 0.1) is 0 Å². The van der Waals surface area contributed by atoms with Gasteiger partial charge in [-0.15, -0.1) is 0 Å². The van der Waals surface area contributed by atoms with Gasteiger partial charge in [-0.05, 0) is 25.7 Å². The van der Waals surface area contributed by atoms with Gasteiger partial charge >= 0.3 is 0 Å². The van der Waals surface area contributed by atoms with E-state index < -0.39 is 0 Å². The van der Waals surface area contributed by atoms with Crippen molar-refractivity contribution in [1.29, 1.82) is 0 Å². The summed E-state index contributed by atoms with van der Waals surface area (Å²) < 4.78 is 0. The standard InChI is InChI=1S/C14H22ClN3/c1-4-11(8-10-6-7-10)16-14-9(3)13(15)17-12(5-2)18-14/h10-11H,4-8H2,1-3H3,(H,16,17,18). The Hall–Kier alpha value is -0.830. The van der Waals surface area contributed by atoms with Crippen molar-refractivity contribution in [2.75, 3.05) is 5.32 Å². The molecule has 3 nitrogen and oxygen atoms in total. The van der Waals surface area contributed by atoms with Crippen LogP contribution in [-0.4, -0.2) is 16.0 Å². The summed E-state index contributed by atoms with van der Waals surface area (Å²) in [5.74, 6) is 2.65. The van der Waals surface area contributed by atoms with Crippen molar-refractivity contribution in [3.63, 3.8) is 0 Å². The number of nitrogens with one attached hydrogen (secondary N) is 1. The highest BCUT2D eigenvalue weighted by atomic mass is 35.5. The van der Waals surface area contributed by atoms with Gasteiger partial charge in [-0.2, -0.15) is 0 Å². The molecule has 0 bridgehead atoms. The Morgan fingerprint density at radius 1 is 1.33 bits per heavy atom. The van der Waals surface area contributed by atoms with Crippen LogP contribution in [0.1, 0.15) is 50.9 Å². The Labute approximate surface area is 114 Å². The lowest BCUT2D eigenvalue weighted by atomic mass is 10.1. The molecule has 18 heavy (non-hydrogen) atoms. The summed E-state index contributed by atoms with van der Waals surface area (Å²) in [6.45, 7) is 6.25. The molecule has 2 rings (SSSR count). The molecule has 1 heterocycles. The molecular weight excluding hydrogens is 246 g/mol. The Kier molecular flexibility index (Phi) is 4.44. The molecule has 1 atom stereocenters. The number of hydrogen-bond acceptors (Lipinski definition) is 3. The van der Waals surface area contributed by atoms with Crippen LogP contribution in [0.5, 0.6) is 0 Å². The Morgan fingerprint density at radius 3 is 2.61 bits per heavy atom. The summed E-state index contributed by atoms with van der Waals surface area (Å²) in [5, 5.41) is 4.12. The monoisotopic (exact) mass is 267 g/mol.